The molecule has 0 bridgehead atoms. The van der Waals surface area contributed by atoms with E-state index >= 15 is 0 Å². The number of hydrogen-bond donors (Lipinski definition) is 0. The van der Waals surface area contributed by atoms with Crippen LogP contribution in [0.25, 0.3) is 0 Å². The Balaban J connectivity index is 2.48. The summed E-state index contributed by atoms with van der Waals surface area (Å²) < 4.78 is 0. The lowest BCUT2D eigenvalue weighted by atomic mass is 10.1. The van der Waals surface area contributed by atoms with Gasteiger partial charge in [-0.05, 0) is 32.6 Å². The zero-order valence-electron chi connectivity index (χ0n) is 6.06. The molecule has 0 aromatic rings. The van der Waals surface area contributed by atoms with Crippen molar-refractivity contribution in [3.63, 3.8) is 0 Å². The van der Waals surface area contributed by atoms with Crippen LogP contribution in [0.5, 0.6) is 0 Å². The van der Waals surface area contributed by atoms with E-state index in [9.17, 15) is 0 Å². The van der Waals surface area contributed by atoms with Gasteiger partial charge < -0.3 is 0 Å². The second-order valence-electron chi connectivity index (χ2n) is 2.69. The molecule has 0 nitrogen and oxygen atoms in total. The Labute approximate surface area is 57.3 Å². The molecule has 50 valence electrons. The van der Waals surface area contributed by atoms with Gasteiger partial charge in [-0.3, -0.25) is 0 Å². The van der Waals surface area contributed by atoms with Crippen LogP contribution in [0.3, 0.4) is 0 Å². The maximum Gasteiger partial charge on any atom is -0.0320 e. The monoisotopic (exact) mass is 122 g/mol. The van der Waals surface area contributed by atoms with Crippen LogP contribution in [0, 0.1) is 0 Å². The molecule has 1 aliphatic rings. The fourth-order valence-electron chi connectivity index (χ4n) is 1.08. The van der Waals surface area contributed by atoms with Gasteiger partial charge in [0.2, 0.25) is 0 Å². The predicted octanol–water partition coefficient (Wildman–Crippen LogP) is 3.06. The van der Waals surface area contributed by atoms with Gasteiger partial charge in [0.05, 0.1) is 0 Å². The summed E-state index contributed by atoms with van der Waals surface area (Å²) >= 11 is 0. The highest BCUT2D eigenvalue weighted by Crippen LogP contribution is 2.11. The van der Waals surface area contributed by atoms with E-state index in [0.29, 0.717) is 0 Å². The van der Waals surface area contributed by atoms with Crippen molar-refractivity contribution in [1.29, 1.82) is 0 Å². The van der Waals surface area contributed by atoms with E-state index in [1.54, 1.807) is 0 Å². The highest BCUT2D eigenvalue weighted by Gasteiger charge is 1.91. The molecule has 9 heavy (non-hydrogen) atoms. The molecule has 0 spiro atoms. The average molecular weight is 122 g/mol. The Morgan fingerprint density at radius 1 is 1.33 bits per heavy atom. The highest BCUT2D eigenvalue weighted by atomic mass is 14.0. The fraction of sp³-hybridized carbons (Fsp3) is 0.556. The first-order valence-corrected chi connectivity index (χ1v) is 3.72. The first kappa shape index (κ1) is 6.60. The smallest absolute Gasteiger partial charge is 0.0320 e. The summed E-state index contributed by atoms with van der Waals surface area (Å²) in [5, 5.41) is 0. The van der Waals surface area contributed by atoms with Crippen LogP contribution in [-0.2, 0) is 0 Å². The standard InChI is InChI=1S/C9H14/c1-9-7-5-3-2-4-6-8-9/h3,5,7H,2,4,6,8H2,1H3/b5-3-,9-7-. The Bertz CT molecular complexity index is 129. The normalized spacial score (nSPS) is 29.7. The number of allylic oxidation sites excluding steroid dienone is 4. The Kier molecular flexibility index (Phi) is 2.56. The largest absolute Gasteiger partial charge is 0.0845 e. The molecule has 1 rings (SSSR count). The van der Waals surface area contributed by atoms with E-state index in [0.717, 1.165) is 0 Å². The third kappa shape index (κ3) is 2.50. The van der Waals surface area contributed by atoms with Gasteiger partial charge in [0.25, 0.3) is 0 Å². The molecule has 0 aromatic heterocycles. The third-order valence-corrected chi connectivity index (χ3v) is 1.71. The van der Waals surface area contributed by atoms with Gasteiger partial charge in [-0.15, -0.1) is 0 Å². The maximum atomic E-state index is 2.25. The Morgan fingerprint density at radius 2 is 2.22 bits per heavy atom. The molecule has 0 saturated carbocycles. The second kappa shape index (κ2) is 3.49. The van der Waals surface area contributed by atoms with E-state index in [1.165, 1.54) is 31.3 Å². The zero-order valence-corrected chi connectivity index (χ0v) is 6.06. The van der Waals surface area contributed by atoms with Crippen molar-refractivity contribution < 1.29 is 0 Å². The number of hydrogen-bond acceptors (Lipinski definition) is 0. The first-order chi connectivity index (χ1) is 4.39. The van der Waals surface area contributed by atoms with Gasteiger partial charge in [0.1, 0.15) is 0 Å². The van der Waals surface area contributed by atoms with Gasteiger partial charge in [0, 0.05) is 0 Å². The van der Waals surface area contributed by atoms with Crippen LogP contribution < -0.4 is 0 Å². The lowest BCUT2D eigenvalue weighted by Crippen LogP contribution is -1.81. The summed E-state index contributed by atoms with van der Waals surface area (Å²) in [5.74, 6) is 0. The molecular formula is C9H14. The van der Waals surface area contributed by atoms with Gasteiger partial charge in [-0.25, -0.2) is 0 Å². The van der Waals surface area contributed by atoms with E-state index in [4.69, 9.17) is 0 Å². The molecule has 0 aromatic carbocycles. The summed E-state index contributed by atoms with van der Waals surface area (Å²) in [6.07, 6.45) is 11.9. The highest BCUT2D eigenvalue weighted by molar-refractivity contribution is 5.11. The van der Waals surface area contributed by atoms with Crippen molar-refractivity contribution >= 4 is 0 Å². The van der Waals surface area contributed by atoms with E-state index in [-0.39, 0.29) is 0 Å². The molecule has 0 fully saturated rings. The summed E-state index contributed by atoms with van der Waals surface area (Å²) in [7, 11) is 0. The summed E-state index contributed by atoms with van der Waals surface area (Å²) in [6, 6.07) is 0. The first-order valence-electron chi connectivity index (χ1n) is 3.72. The van der Waals surface area contributed by atoms with Crippen LogP contribution >= 0.6 is 0 Å². The van der Waals surface area contributed by atoms with Gasteiger partial charge in [-0.1, -0.05) is 23.8 Å². The van der Waals surface area contributed by atoms with Crippen molar-refractivity contribution in [2.75, 3.05) is 0 Å². The van der Waals surface area contributed by atoms with Gasteiger partial charge >= 0.3 is 0 Å². The molecule has 0 N–H and O–H groups in total. The maximum absolute atomic E-state index is 2.25. The number of rotatable bonds is 0. The minimum absolute atomic E-state index is 1.27. The van der Waals surface area contributed by atoms with Crippen LogP contribution in [-0.4, -0.2) is 0 Å². The lowest BCUT2D eigenvalue weighted by Gasteiger charge is -2.01. The van der Waals surface area contributed by atoms with Crippen LogP contribution in [0.1, 0.15) is 32.6 Å². The van der Waals surface area contributed by atoms with Crippen molar-refractivity contribution in [2.45, 2.75) is 32.6 Å². The van der Waals surface area contributed by atoms with Crippen molar-refractivity contribution in [3.05, 3.63) is 23.8 Å². The molecule has 0 aliphatic heterocycles. The molecule has 0 atom stereocenters. The van der Waals surface area contributed by atoms with Crippen molar-refractivity contribution in [2.24, 2.45) is 0 Å². The van der Waals surface area contributed by atoms with Crippen LogP contribution in [0.15, 0.2) is 23.8 Å². The molecule has 0 unspecified atom stereocenters. The molecule has 0 saturated heterocycles. The molecule has 0 amide bonds. The fourth-order valence-corrected chi connectivity index (χ4v) is 1.08. The minimum Gasteiger partial charge on any atom is -0.0845 e. The summed E-state index contributed by atoms with van der Waals surface area (Å²) in [6.45, 7) is 2.20. The lowest BCUT2D eigenvalue weighted by molar-refractivity contribution is 0.737. The Hall–Kier alpha value is -0.520. The second-order valence-corrected chi connectivity index (χ2v) is 2.69. The molecule has 1 aliphatic carbocycles. The molecular weight excluding hydrogens is 108 g/mol. The van der Waals surface area contributed by atoms with E-state index < -0.39 is 0 Å². The SMILES string of the molecule is C/C1=C/C=C\CCCC1. The summed E-state index contributed by atoms with van der Waals surface area (Å²) in [5.41, 5.74) is 1.52. The van der Waals surface area contributed by atoms with Crippen molar-refractivity contribution in [1.82, 2.24) is 0 Å². The summed E-state index contributed by atoms with van der Waals surface area (Å²) in [4.78, 5) is 0. The average Bonchev–Trinajstić information content (AvgIpc) is 1.79. The molecule has 0 heteroatoms. The van der Waals surface area contributed by atoms with E-state index in [1.807, 2.05) is 0 Å². The zero-order chi connectivity index (χ0) is 6.53. The predicted molar refractivity (Wildman–Crippen MR) is 41.4 cm³/mol. The minimum atomic E-state index is 1.27. The van der Waals surface area contributed by atoms with Crippen LogP contribution in [0.2, 0.25) is 0 Å². The Morgan fingerprint density at radius 3 is 3.11 bits per heavy atom. The molecule has 0 heterocycles. The molecule has 0 radical (unpaired) electrons. The third-order valence-electron chi connectivity index (χ3n) is 1.71. The van der Waals surface area contributed by atoms with Crippen molar-refractivity contribution in [3.8, 4) is 0 Å². The van der Waals surface area contributed by atoms with Gasteiger partial charge in [-0.2, -0.15) is 0 Å². The van der Waals surface area contributed by atoms with Gasteiger partial charge in [0.15, 0.2) is 0 Å². The topological polar surface area (TPSA) is 0 Å². The van der Waals surface area contributed by atoms with Crippen LogP contribution in [0.4, 0.5) is 0 Å². The quantitative estimate of drug-likeness (QED) is 0.463. The van der Waals surface area contributed by atoms with E-state index in [2.05, 4.69) is 25.2 Å².